The molecule has 3 aliphatic carbocycles. The first-order valence-corrected chi connectivity index (χ1v) is 20.4. The van der Waals surface area contributed by atoms with Gasteiger partial charge >= 0.3 is 0 Å². The number of hydrogen-bond acceptors (Lipinski definition) is 3. The highest BCUT2D eigenvalue weighted by molar-refractivity contribution is 6.74. The molecule has 210 valence electrons. The lowest BCUT2D eigenvalue weighted by Crippen LogP contribution is -2.49. The number of aliphatic hydroxyl groups is 1. The van der Waals surface area contributed by atoms with Crippen LogP contribution in [0.3, 0.4) is 0 Å². The third kappa shape index (κ3) is 6.37. The monoisotopic (exact) mass is 544 g/mol. The van der Waals surface area contributed by atoms with Gasteiger partial charge in [-0.2, -0.15) is 0 Å². The number of aliphatic hydroxyl groups excluding tert-OH is 1. The molecule has 0 amide bonds. The molecule has 0 aromatic rings. The molecular formula is C32H56O3Si2. The summed E-state index contributed by atoms with van der Waals surface area (Å²) in [5, 5.41) is 10.3. The van der Waals surface area contributed by atoms with Crippen LogP contribution in [0, 0.1) is 11.3 Å². The van der Waals surface area contributed by atoms with E-state index in [1.807, 2.05) is 0 Å². The van der Waals surface area contributed by atoms with Crippen LogP contribution < -0.4 is 0 Å². The first kappa shape index (κ1) is 30.8. The predicted octanol–water partition coefficient (Wildman–Crippen LogP) is 9.10. The minimum absolute atomic E-state index is 0.0137. The van der Waals surface area contributed by atoms with Gasteiger partial charge in [-0.1, -0.05) is 78.8 Å². The largest absolute Gasteiger partial charge is 0.413 e. The average Bonchev–Trinajstić information content (AvgIpc) is 3.09. The van der Waals surface area contributed by atoms with Crippen molar-refractivity contribution in [1.82, 2.24) is 0 Å². The highest BCUT2D eigenvalue weighted by atomic mass is 28.4. The van der Waals surface area contributed by atoms with Crippen molar-refractivity contribution in [2.75, 3.05) is 6.61 Å². The summed E-state index contributed by atoms with van der Waals surface area (Å²) in [5.74, 6) is 0.510. The van der Waals surface area contributed by atoms with Crippen molar-refractivity contribution in [3.8, 4) is 0 Å². The Labute approximate surface area is 230 Å². The molecule has 0 unspecified atom stereocenters. The van der Waals surface area contributed by atoms with Crippen LogP contribution >= 0.6 is 0 Å². The Morgan fingerprint density at radius 2 is 1.62 bits per heavy atom. The van der Waals surface area contributed by atoms with Gasteiger partial charge in [-0.3, -0.25) is 0 Å². The van der Waals surface area contributed by atoms with Gasteiger partial charge in [-0.15, -0.1) is 0 Å². The van der Waals surface area contributed by atoms with Crippen molar-refractivity contribution in [2.45, 2.75) is 135 Å². The molecule has 0 aliphatic heterocycles. The molecule has 4 atom stereocenters. The highest BCUT2D eigenvalue weighted by Gasteiger charge is 2.46. The fraction of sp³-hybridized carbons (Fsp3) is 0.750. The van der Waals surface area contributed by atoms with E-state index in [2.05, 4.69) is 99.5 Å². The molecule has 2 saturated carbocycles. The maximum Gasteiger partial charge on any atom is 0.192 e. The van der Waals surface area contributed by atoms with Crippen molar-refractivity contribution >= 4 is 16.6 Å². The Hall–Kier alpha value is -0.726. The SMILES string of the molecule is C=C1/C(=C\C=C2/CCC[C@]3(C)C(CO)=CC[C@@H]23)C[C@@H](O[Si](C)(C)C(C)(C)C)C[C@@H]1O[Si](C)(C)C(C)(C)C. The van der Waals surface area contributed by atoms with Gasteiger partial charge in [0, 0.05) is 6.42 Å². The summed E-state index contributed by atoms with van der Waals surface area (Å²) in [6.07, 6.45) is 13.6. The van der Waals surface area contributed by atoms with Gasteiger partial charge in [0.1, 0.15) is 0 Å². The maximum atomic E-state index is 9.95. The maximum absolute atomic E-state index is 9.95. The Balaban J connectivity index is 1.92. The minimum atomic E-state index is -1.96. The quantitative estimate of drug-likeness (QED) is 0.268. The molecule has 0 aromatic carbocycles. The summed E-state index contributed by atoms with van der Waals surface area (Å²) in [7, 11) is -3.87. The zero-order valence-corrected chi connectivity index (χ0v) is 27.9. The molecule has 1 N–H and O–H groups in total. The summed E-state index contributed by atoms with van der Waals surface area (Å²) in [5.41, 5.74) is 5.33. The second-order valence-electron chi connectivity index (χ2n) is 15.2. The van der Waals surface area contributed by atoms with Gasteiger partial charge in [0.25, 0.3) is 0 Å². The molecule has 37 heavy (non-hydrogen) atoms. The molecule has 3 nitrogen and oxygen atoms in total. The Morgan fingerprint density at radius 3 is 2.19 bits per heavy atom. The normalized spacial score (nSPS) is 32.2. The topological polar surface area (TPSA) is 38.7 Å². The Bertz CT molecular complexity index is 957. The minimum Gasteiger partial charge on any atom is -0.413 e. The van der Waals surface area contributed by atoms with Crippen LogP contribution in [-0.2, 0) is 8.85 Å². The van der Waals surface area contributed by atoms with Crippen LogP contribution in [0.2, 0.25) is 36.3 Å². The number of rotatable bonds is 6. The lowest BCUT2D eigenvalue weighted by Gasteiger charge is -2.45. The van der Waals surface area contributed by atoms with E-state index in [0.717, 1.165) is 31.3 Å². The van der Waals surface area contributed by atoms with Gasteiger partial charge in [0.2, 0.25) is 0 Å². The summed E-state index contributed by atoms with van der Waals surface area (Å²) in [6.45, 7) is 30.5. The predicted molar refractivity (Wildman–Crippen MR) is 164 cm³/mol. The fourth-order valence-corrected chi connectivity index (χ4v) is 8.59. The highest BCUT2D eigenvalue weighted by Crippen LogP contribution is 2.54. The third-order valence-corrected chi connectivity index (χ3v) is 19.6. The number of hydrogen-bond donors (Lipinski definition) is 1. The fourth-order valence-electron chi connectivity index (χ4n) is 5.92. The molecule has 0 spiro atoms. The third-order valence-electron chi connectivity index (χ3n) is 10.6. The number of allylic oxidation sites excluding steroid dienone is 4. The summed E-state index contributed by atoms with van der Waals surface area (Å²) in [4.78, 5) is 0. The average molecular weight is 545 g/mol. The van der Waals surface area contributed by atoms with E-state index in [1.54, 1.807) is 0 Å². The van der Waals surface area contributed by atoms with Crippen molar-refractivity contribution in [3.63, 3.8) is 0 Å². The first-order chi connectivity index (χ1) is 16.8. The van der Waals surface area contributed by atoms with Crippen LogP contribution in [-0.4, -0.2) is 40.6 Å². The van der Waals surface area contributed by atoms with Crippen LogP contribution in [0.1, 0.15) is 87.0 Å². The second kappa shape index (κ2) is 10.7. The molecule has 2 fully saturated rings. The number of fused-ring (bicyclic) bond motifs is 1. The molecule has 5 heteroatoms. The van der Waals surface area contributed by atoms with E-state index in [0.29, 0.717) is 5.92 Å². The smallest absolute Gasteiger partial charge is 0.192 e. The molecule has 0 aromatic heterocycles. The molecule has 0 saturated heterocycles. The zero-order chi connectivity index (χ0) is 28.0. The lowest BCUT2D eigenvalue weighted by atomic mass is 9.64. The van der Waals surface area contributed by atoms with E-state index in [1.165, 1.54) is 29.6 Å². The summed E-state index contributed by atoms with van der Waals surface area (Å²) >= 11 is 0. The first-order valence-electron chi connectivity index (χ1n) is 14.6. The molecule has 3 rings (SSSR count). The van der Waals surface area contributed by atoms with Gasteiger partial charge < -0.3 is 14.0 Å². The summed E-state index contributed by atoms with van der Waals surface area (Å²) in [6, 6.07) is 0. The molecule has 3 aliphatic rings. The van der Waals surface area contributed by atoms with Gasteiger partial charge in [-0.25, -0.2) is 0 Å². The van der Waals surface area contributed by atoms with Crippen molar-refractivity contribution < 1.29 is 14.0 Å². The van der Waals surface area contributed by atoms with Crippen molar-refractivity contribution in [1.29, 1.82) is 0 Å². The molecule has 0 radical (unpaired) electrons. The second-order valence-corrected chi connectivity index (χ2v) is 24.7. The van der Waals surface area contributed by atoms with Crippen LogP contribution in [0.4, 0.5) is 0 Å². The van der Waals surface area contributed by atoms with Crippen LogP contribution in [0.5, 0.6) is 0 Å². The van der Waals surface area contributed by atoms with Crippen LogP contribution in [0.25, 0.3) is 0 Å². The van der Waals surface area contributed by atoms with E-state index in [-0.39, 0.29) is 34.3 Å². The molecule has 0 heterocycles. The standard InChI is InChI=1S/C32H56O3Si2/c1-23-25(16-15-24-14-13-19-32(8)26(22-33)17-18-28(24)32)20-27(34-36(9,10)30(2,3)4)21-29(23)35-37(11,12)31(5,6)7/h15-17,27-29,33H,1,13-14,18-22H2,2-12H3/b24-15+,25-16-/t27-,28+,29+,32-/m1/s1. The van der Waals surface area contributed by atoms with E-state index >= 15 is 0 Å². The zero-order valence-electron chi connectivity index (χ0n) is 25.9. The lowest BCUT2D eigenvalue weighted by molar-refractivity contribution is 0.0969. The van der Waals surface area contributed by atoms with E-state index < -0.39 is 16.6 Å². The van der Waals surface area contributed by atoms with E-state index in [9.17, 15) is 5.11 Å². The van der Waals surface area contributed by atoms with Crippen LogP contribution in [0.15, 0.2) is 47.1 Å². The molecular weight excluding hydrogens is 489 g/mol. The van der Waals surface area contributed by atoms with Crippen molar-refractivity contribution in [3.05, 3.63) is 47.1 Å². The van der Waals surface area contributed by atoms with Gasteiger partial charge in [0.15, 0.2) is 16.6 Å². The van der Waals surface area contributed by atoms with Gasteiger partial charge in [-0.05, 0) is 96.4 Å². The Morgan fingerprint density at radius 1 is 1.03 bits per heavy atom. The Kier molecular flexibility index (Phi) is 8.90. The molecule has 0 bridgehead atoms. The summed E-state index contributed by atoms with van der Waals surface area (Å²) < 4.78 is 14.0. The van der Waals surface area contributed by atoms with E-state index in [4.69, 9.17) is 8.85 Å². The van der Waals surface area contributed by atoms with Crippen molar-refractivity contribution in [2.24, 2.45) is 11.3 Å². The van der Waals surface area contributed by atoms with Gasteiger partial charge in [0.05, 0.1) is 18.8 Å².